The second kappa shape index (κ2) is 2.87. The summed E-state index contributed by atoms with van der Waals surface area (Å²) in [7, 11) is 0. The Bertz CT molecular complexity index is 507. The van der Waals surface area contributed by atoms with Crippen molar-refractivity contribution in [1.82, 2.24) is 0 Å². The zero-order chi connectivity index (χ0) is 12.0. The van der Waals surface area contributed by atoms with Gasteiger partial charge >= 0.3 is 0 Å². The van der Waals surface area contributed by atoms with Crippen molar-refractivity contribution in [2.45, 2.75) is 25.7 Å². The molecule has 0 aromatic carbocycles. The van der Waals surface area contributed by atoms with E-state index < -0.39 is 0 Å². The first-order chi connectivity index (χ1) is 8.75. The zero-order valence-electron chi connectivity index (χ0n) is 10.3. The number of rotatable bonds is 0. The molecule has 0 aliphatic heterocycles. The topological polar surface area (TPSA) is 34.1 Å². The molecule has 0 amide bonds. The molecule has 0 saturated heterocycles. The molecule has 92 valence electrons. The van der Waals surface area contributed by atoms with Crippen LogP contribution in [0.15, 0.2) is 23.3 Å². The number of carbonyl (C=O) groups excluding carboxylic acids is 2. The lowest BCUT2D eigenvalue weighted by molar-refractivity contribution is -0.123. The van der Waals surface area contributed by atoms with Crippen LogP contribution in [0, 0.1) is 35.5 Å². The van der Waals surface area contributed by atoms with Gasteiger partial charge in [0.15, 0.2) is 0 Å². The van der Waals surface area contributed by atoms with Gasteiger partial charge in [-0.3, -0.25) is 9.59 Å². The lowest BCUT2D eigenvalue weighted by atomic mass is 9.63. The molecular formula is C16H16O2. The Hall–Kier alpha value is -1.18. The Balaban J connectivity index is 1.69. The molecule has 2 heteroatoms. The molecule has 6 rings (SSSR count). The molecule has 0 N–H and O–H groups in total. The highest BCUT2D eigenvalue weighted by Crippen LogP contribution is 2.65. The van der Waals surface area contributed by atoms with E-state index in [0.29, 0.717) is 23.7 Å². The minimum Gasteiger partial charge on any atom is -0.299 e. The van der Waals surface area contributed by atoms with Gasteiger partial charge in [-0.05, 0) is 42.9 Å². The van der Waals surface area contributed by atoms with Crippen molar-refractivity contribution in [3.05, 3.63) is 23.3 Å². The molecule has 18 heavy (non-hydrogen) atoms. The number of Topliss-reactive ketones (excluding diaryl/α,β-unsaturated/α-hetero) is 2. The van der Waals surface area contributed by atoms with Crippen molar-refractivity contribution in [3.8, 4) is 0 Å². The van der Waals surface area contributed by atoms with Gasteiger partial charge in [-0.25, -0.2) is 0 Å². The Morgan fingerprint density at radius 3 is 1.78 bits per heavy atom. The molecule has 2 saturated carbocycles. The zero-order valence-corrected chi connectivity index (χ0v) is 10.3. The molecule has 0 unspecified atom stereocenters. The fraction of sp³-hybridized carbons (Fsp3) is 0.625. The highest BCUT2D eigenvalue weighted by Gasteiger charge is 2.62. The fourth-order valence-corrected chi connectivity index (χ4v) is 5.71. The van der Waals surface area contributed by atoms with Crippen LogP contribution in [0.3, 0.4) is 0 Å². The highest BCUT2D eigenvalue weighted by molar-refractivity contribution is 6.10. The standard InChI is InChI=1S/C16H16O2/c17-11-6-12(18)16-10-5-9(15(11)16)13-7-1-2-8(4-3-7)14(10)13/h1-2,7-10,15-16H,3-6H2/t7-,8-,9-,10-,15+,16+/m0/s1. The monoisotopic (exact) mass is 240 g/mol. The van der Waals surface area contributed by atoms with E-state index in [4.69, 9.17) is 0 Å². The maximum Gasteiger partial charge on any atom is 0.144 e. The number of carbonyl (C=O) groups is 2. The molecule has 0 radical (unpaired) electrons. The minimum atomic E-state index is 0.0778. The van der Waals surface area contributed by atoms with Gasteiger partial charge in [0.25, 0.3) is 0 Å². The second-order valence-electron chi connectivity index (χ2n) is 6.70. The van der Waals surface area contributed by atoms with Crippen LogP contribution in [0.25, 0.3) is 0 Å². The summed E-state index contributed by atoms with van der Waals surface area (Å²) >= 11 is 0. The van der Waals surface area contributed by atoms with Gasteiger partial charge < -0.3 is 0 Å². The van der Waals surface area contributed by atoms with Crippen LogP contribution in [0.2, 0.25) is 0 Å². The smallest absolute Gasteiger partial charge is 0.144 e. The molecule has 2 fully saturated rings. The van der Waals surface area contributed by atoms with E-state index in [1.165, 1.54) is 12.8 Å². The number of hydrogen-bond donors (Lipinski definition) is 0. The van der Waals surface area contributed by atoms with Gasteiger partial charge in [-0.1, -0.05) is 23.3 Å². The van der Waals surface area contributed by atoms with Crippen molar-refractivity contribution < 1.29 is 9.59 Å². The lowest BCUT2D eigenvalue weighted by Crippen LogP contribution is -2.35. The molecule has 0 aromatic heterocycles. The predicted octanol–water partition coefficient (Wildman–Crippen LogP) is 2.30. The predicted molar refractivity (Wildman–Crippen MR) is 65.6 cm³/mol. The van der Waals surface area contributed by atoms with E-state index in [-0.39, 0.29) is 29.8 Å². The van der Waals surface area contributed by atoms with Crippen LogP contribution in [0.5, 0.6) is 0 Å². The molecule has 6 aliphatic carbocycles. The SMILES string of the molecule is O=C1CC(=O)[C@@H]2[C@@H]1[C@H]1C[C@H]2C2=C1[C@H]1C=C[C@H]2CC1. The molecule has 4 bridgehead atoms. The van der Waals surface area contributed by atoms with E-state index in [1.54, 1.807) is 11.1 Å². The average molecular weight is 240 g/mol. The number of fused-ring (bicyclic) bond motifs is 6. The Morgan fingerprint density at radius 2 is 1.33 bits per heavy atom. The van der Waals surface area contributed by atoms with E-state index in [9.17, 15) is 9.59 Å². The van der Waals surface area contributed by atoms with Crippen LogP contribution in [-0.4, -0.2) is 11.6 Å². The van der Waals surface area contributed by atoms with Crippen LogP contribution in [-0.2, 0) is 9.59 Å². The van der Waals surface area contributed by atoms with E-state index in [0.717, 1.165) is 6.42 Å². The summed E-state index contributed by atoms with van der Waals surface area (Å²) < 4.78 is 0. The van der Waals surface area contributed by atoms with Gasteiger partial charge in [-0.2, -0.15) is 0 Å². The van der Waals surface area contributed by atoms with Crippen LogP contribution >= 0.6 is 0 Å². The van der Waals surface area contributed by atoms with Crippen molar-refractivity contribution in [2.24, 2.45) is 35.5 Å². The highest BCUT2D eigenvalue weighted by atomic mass is 16.2. The molecule has 6 atom stereocenters. The molecule has 0 heterocycles. The van der Waals surface area contributed by atoms with E-state index >= 15 is 0 Å². The number of allylic oxidation sites excluding steroid dienone is 4. The Morgan fingerprint density at radius 1 is 0.833 bits per heavy atom. The van der Waals surface area contributed by atoms with Crippen LogP contribution in [0.4, 0.5) is 0 Å². The largest absolute Gasteiger partial charge is 0.299 e. The summed E-state index contributed by atoms with van der Waals surface area (Å²) in [4.78, 5) is 24.2. The van der Waals surface area contributed by atoms with Crippen LogP contribution in [0.1, 0.15) is 25.7 Å². The van der Waals surface area contributed by atoms with Gasteiger partial charge in [0.05, 0.1) is 6.42 Å². The Labute approximate surface area is 106 Å². The third-order valence-electron chi connectivity index (χ3n) is 6.15. The normalized spacial score (nSPS) is 51.3. The maximum atomic E-state index is 12.1. The Kier molecular flexibility index (Phi) is 1.55. The van der Waals surface area contributed by atoms with Gasteiger partial charge in [0.2, 0.25) is 0 Å². The summed E-state index contributed by atoms with van der Waals surface area (Å²) in [5.41, 5.74) is 3.20. The second-order valence-corrected chi connectivity index (χ2v) is 6.70. The molecule has 6 aliphatic rings. The first-order valence-electron chi connectivity index (χ1n) is 7.23. The van der Waals surface area contributed by atoms with E-state index in [1.807, 2.05) is 0 Å². The fourth-order valence-electron chi connectivity index (χ4n) is 5.71. The third-order valence-corrected chi connectivity index (χ3v) is 6.15. The van der Waals surface area contributed by atoms with Crippen molar-refractivity contribution >= 4 is 11.6 Å². The lowest BCUT2D eigenvalue weighted by Gasteiger charge is -2.41. The van der Waals surface area contributed by atoms with Crippen LogP contribution < -0.4 is 0 Å². The van der Waals surface area contributed by atoms with Crippen molar-refractivity contribution in [1.29, 1.82) is 0 Å². The van der Waals surface area contributed by atoms with Gasteiger partial charge in [-0.15, -0.1) is 0 Å². The first-order valence-corrected chi connectivity index (χ1v) is 7.23. The molecule has 2 nitrogen and oxygen atoms in total. The number of hydrogen-bond acceptors (Lipinski definition) is 2. The van der Waals surface area contributed by atoms with Crippen molar-refractivity contribution in [3.63, 3.8) is 0 Å². The average Bonchev–Trinajstić information content (AvgIpc) is 3.03. The molecule has 0 spiro atoms. The quantitative estimate of drug-likeness (QED) is 0.481. The first kappa shape index (κ1) is 9.71. The van der Waals surface area contributed by atoms with Gasteiger partial charge in [0, 0.05) is 11.8 Å². The summed E-state index contributed by atoms with van der Waals surface area (Å²) in [6.45, 7) is 0. The summed E-state index contributed by atoms with van der Waals surface area (Å²) in [5.74, 6) is 2.72. The van der Waals surface area contributed by atoms with Gasteiger partial charge in [0.1, 0.15) is 11.6 Å². The number of ketones is 2. The van der Waals surface area contributed by atoms with E-state index in [2.05, 4.69) is 12.2 Å². The minimum absolute atomic E-state index is 0.0778. The molecule has 0 aromatic rings. The third kappa shape index (κ3) is 0.877. The maximum absolute atomic E-state index is 12.1. The summed E-state index contributed by atoms with van der Waals surface area (Å²) in [6, 6.07) is 0. The molecular weight excluding hydrogens is 224 g/mol. The summed E-state index contributed by atoms with van der Waals surface area (Å²) in [5, 5.41) is 0. The van der Waals surface area contributed by atoms with Crippen molar-refractivity contribution in [2.75, 3.05) is 0 Å². The summed E-state index contributed by atoms with van der Waals surface area (Å²) in [6.07, 6.45) is 8.59.